The van der Waals surface area contributed by atoms with Gasteiger partial charge in [-0.1, -0.05) is 11.6 Å². The van der Waals surface area contributed by atoms with Gasteiger partial charge in [0.1, 0.15) is 10.6 Å². The molecule has 1 fully saturated rings. The first-order valence-corrected chi connectivity index (χ1v) is 10.8. The van der Waals surface area contributed by atoms with E-state index in [1.807, 2.05) is 52.7 Å². The Morgan fingerprint density at radius 3 is 2.76 bits per heavy atom. The van der Waals surface area contributed by atoms with E-state index in [-0.39, 0.29) is 5.91 Å². The van der Waals surface area contributed by atoms with Gasteiger partial charge in [-0.05, 0) is 62.9 Å². The van der Waals surface area contributed by atoms with E-state index in [9.17, 15) is 4.79 Å². The number of carbonyl (C=O) groups excluding carboxylic acids is 1. The zero-order valence-corrected chi connectivity index (χ0v) is 17.7. The Morgan fingerprint density at radius 2 is 2.03 bits per heavy atom. The zero-order valence-electron chi connectivity index (χ0n) is 16.1. The number of aryl methyl sites for hydroxylation is 1. The highest BCUT2D eigenvalue weighted by Crippen LogP contribution is 2.40. The summed E-state index contributed by atoms with van der Waals surface area (Å²) < 4.78 is 3.78. The molecule has 1 saturated carbocycles. The van der Waals surface area contributed by atoms with Gasteiger partial charge >= 0.3 is 0 Å². The van der Waals surface area contributed by atoms with Crippen molar-refractivity contribution >= 4 is 44.9 Å². The van der Waals surface area contributed by atoms with Crippen molar-refractivity contribution in [3.8, 4) is 5.69 Å². The molecule has 0 bridgehead atoms. The van der Waals surface area contributed by atoms with Gasteiger partial charge in [-0.2, -0.15) is 10.2 Å². The van der Waals surface area contributed by atoms with Gasteiger partial charge in [0.05, 0.1) is 28.5 Å². The smallest absolute Gasteiger partial charge is 0.266 e. The van der Waals surface area contributed by atoms with Crippen molar-refractivity contribution in [2.24, 2.45) is 5.92 Å². The van der Waals surface area contributed by atoms with Crippen LogP contribution in [-0.2, 0) is 0 Å². The summed E-state index contributed by atoms with van der Waals surface area (Å²) in [5, 5.41) is 13.7. The molecule has 4 aromatic rings. The quantitative estimate of drug-likeness (QED) is 0.461. The largest absolute Gasteiger partial charge is 0.306 e. The van der Waals surface area contributed by atoms with Crippen molar-refractivity contribution < 1.29 is 4.79 Å². The summed E-state index contributed by atoms with van der Waals surface area (Å²) in [4.78, 5) is 14.5. The molecule has 1 amide bonds. The maximum absolute atomic E-state index is 13.0. The van der Waals surface area contributed by atoms with Gasteiger partial charge in [0, 0.05) is 16.5 Å². The van der Waals surface area contributed by atoms with E-state index in [4.69, 9.17) is 11.6 Å². The highest BCUT2D eigenvalue weighted by molar-refractivity contribution is 7.20. The van der Waals surface area contributed by atoms with Gasteiger partial charge in [0.15, 0.2) is 0 Å². The Balaban J connectivity index is 1.45. The molecule has 1 aliphatic carbocycles. The number of nitrogens with one attached hydrogen (secondary N) is 1. The molecule has 3 aromatic heterocycles. The summed E-state index contributed by atoms with van der Waals surface area (Å²) in [6.45, 7) is 4.11. The van der Waals surface area contributed by atoms with E-state index < -0.39 is 0 Å². The fourth-order valence-electron chi connectivity index (χ4n) is 3.61. The molecule has 1 N–H and O–H groups in total. The molecule has 8 heteroatoms. The number of amides is 1. The van der Waals surface area contributed by atoms with Crippen LogP contribution in [0.25, 0.3) is 15.9 Å². The van der Waals surface area contributed by atoms with Crippen molar-refractivity contribution in [1.82, 2.24) is 19.6 Å². The fraction of sp³-hybridized carbons (Fsp3) is 0.286. The first-order valence-electron chi connectivity index (χ1n) is 9.61. The number of thiophene rings is 1. The van der Waals surface area contributed by atoms with Crippen molar-refractivity contribution in [2.75, 3.05) is 5.32 Å². The van der Waals surface area contributed by atoms with Crippen LogP contribution in [0, 0.1) is 12.8 Å². The summed E-state index contributed by atoms with van der Waals surface area (Å²) in [7, 11) is 0. The minimum atomic E-state index is -0.127. The molecule has 0 spiro atoms. The number of hydrogen-bond acceptors (Lipinski definition) is 4. The average Bonchev–Trinajstić information content (AvgIpc) is 3.16. The molecule has 0 aliphatic heterocycles. The molecule has 0 radical (unpaired) electrons. The van der Waals surface area contributed by atoms with Gasteiger partial charge in [-0.15, -0.1) is 11.3 Å². The van der Waals surface area contributed by atoms with Gasteiger partial charge in [0.2, 0.25) is 0 Å². The second kappa shape index (κ2) is 7.00. The molecule has 1 unspecified atom stereocenters. The maximum Gasteiger partial charge on any atom is 0.266 e. The van der Waals surface area contributed by atoms with Crippen LogP contribution < -0.4 is 5.32 Å². The first-order chi connectivity index (χ1) is 14.0. The van der Waals surface area contributed by atoms with Crippen LogP contribution in [-0.4, -0.2) is 25.5 Å². The standard InChI is InChI=1S/C21H20ClN5OS/c1-12-17-11-18(29-21(17)27(25-12)16-7-5-15(22)6-8-16)20(28)24-19-9-10-23-26(19)13(2)14-3-4-14/h5-11,13-14H,3-4H2,1-2H3,(H,24,28). The second-order valence-electron chi connectivity index (χ2n) is 7.50. The van der Waals surface area contributed by atoms with Crippen LogP contribution in [0.4, 0.5) is 5.82 Å². The number of hydrogen-bond donors (Lipinski definition) is 1. The normalized spacial score (nSPS) is 15.0. The molecular formula is C21H20ClN5OS. The SMILES string of the molecule is Cc1nn(-c2ccc(Cl)cc2)c2sc(C(=O)Nc3ccnn3C(C)C3CC3)cc12. The molecule has 6 nitrogen and oxygen atoms in total. The third-order valence-electron chi connectivity index (χ3n) is 5.44. The number of carbonyl (C=O) groups is 1. The lowest BCUT2D eigenvalue weighted by molar-refractivity contribution is 0.102. The lowest BCUT2D eigenvalue weighted by atomic mass is 10.2. The van der Waals surface area contributed by atoms with E-state index in [1.165, 1.54) is 24.2 Å². The molecule has 5 rings (SSSR count). The van der Waals surface area contributed by atoms with Crippen molar-refractivity contribution in [3.05, 3.63) is 58.2 Å². The zero-order chi connectivity index (χ0) is 20.1. The number of fused-ring (bicyclic) bond motifs is 1. The average molecular weight is 426 g/mol. The van der Waals surface area contributed by atoms with Crippen molar-refractivity contribution in [2.45, 2.75) is 32.7 Å². The predicted molar refractivity (Wildman–Crippen MR) is 116 cm³/mol. The summed E-state index contributed by atoms with van der Waals surface area (Å²) in [6, 6.07) is 11.6. The van der Waals surface area contributed by atoms with Crippen LogP contribution in [0.15, 0.2) is 42.6 Å². The Kier molecular flexibility index (Phi) is 4.44. The molecular weight excluding hydrogens is 406 g/mol. The topological polar surface area (TPSA) is 64.7 Å². The van der Waals surface area contributed by atoms with E-state index in [1.54, 1.807) is 6.20 Å². The van der Waals surface area contributed by atoms with E-state index in [2.05, 4.69) is 22.4 Å². The Bertz CT molecular complexity index is 1200. The van der Waals surface area contributed by atoms with Crippen LogP contribution in [0.3, 0.4) is 0 Å². The highest BCUT2D eigenvalue weighted by atomic mass is 35.5. The minimum Gasteiger partial charge on any atom is -0.306 e. The number of anilines is 1. The lowest BCUT2D eigenvalue weighted by Crippen LogP contribution is -2.17. The molecule has 0 saturated heterocycles. The molecule has 29 heavy (non-hydrogen) atoms. The maximum atomic E-state index is 13.0. The summed E-state index contributed by atoms with van der Waals surface area (Å²) in [5.74, 6) is 1.27. The number of nitrogens with zero attached hydrogens (tertiary/aromatic N) is 4. The first kappa shape index (κ1) is 18.4. The molecule has 3 heterocycles. The molecule has 1 atom stereocenters. The fourth-order valence-corrected chi connectivity index (χ4v) is 4.81. The Hall–Kier alpha value is -2.64. The van der Waals surface area contributed by atoms with E-state index in [0.29, 0.717) is 21.9 Å². The van der Waals surface area contributed by atoms with Crippen molar-refractivity contribution in [1.29, 1.82) is 0 Å². The number of benzene rings is 1. The monoisotopic (exact) mass is 425 g/mol. The summed E-state index contributed by atoms with van der Waals surface area (Å²) in [5.41, 5.74) is 1.80. The van der Waals surface area contributed by atoms with Gasteiger partial charge < -0.3 is 5.32 Å². The molecule has 148 valence electrons. The number of halogens is 1. The number of rotatable bonds is 5. The van der Waals surface area contributed by atoms with Gasteiger partial charge in [-0.25, -0.2) is 9.36 Å². The van der Waals surface area contributed by atoms with Crippen LogP contribution in [0.5, 0.6) is 0 Å². The summed E-state index contributed by atoms with van der Waals surface area (Å²) in [6.07, 6.45) is 4.19. The van der Waals surface area contributed by atoms with Crippen molar-refractivity contribution in [3.63, 3.8) is 0 Å². The summed E-state index contributed by atoms with van der Waals surface area (Å²) >= 11 is 7.44. The van der Waals surface area contributed by atoms with Gasteiger partial charge in [0.25, 0.3) is 5.91 Å². The van der Waals surface area contributed by atoms with Crippen LogP contribution >= 0.6 is 22.9 Å². The lowest BCUT2D eigenvalue weighted by Gasteiger charge is -2.15. The van der Waals surface area contributed by atoms with Gasteiger partial charge in [-0.3, -0.25) is 4.79 Å². The highest BCUT2D eigenvalue weighted by Gasteiger charge is 2.31. The predicted octanol–water partition coefficient (Wildman–Crippen LogP) is 5.47. The third kappa shape index (κ3) is 3.34. The second-order valence-corrected chi connectivity index (χ2v) is 8.96. The van der Waals surface area contributed by atoms with Crippen LogP contribution in [0.1, 0.15) is 41.2 Å². The minimum absolute atomic E-state index is 0.127. The number of aromatic nitrogens is 4. The van der Waals surface area contributed by atoms with E-state index in [0.717, 1.165) is 27.4 Å². The molecule has 1 aromatic carbocycles. The van der Waals surface area contributed by atoms with Crippen LogP contribution in [0.2, 0.25) is 5.02 Å². The Morgan fingerprint density at radius 1 is 1.28 bits per heavy atom. The van der Waals surface area contributed by atoms with E-state index >= 15 is 0 Å². The Labute approximate surface area is 177 Å². The molecule has 1 aliphatic rings. The third-order valence-corrected chi connectivity index (χ3v) is 6.80.